The molecule has 0 aromatic rings. The predicted molar refractivity (Wildman–Crippen MR) is 77.4 cm³/mol. The summed E-state index contributed by atoms with van der Waals surface area (Å²) in [5.41, 5.74) is -0.712. The third kappa shape index (κ3) is 3.71. The Bertz CT molecular complexity index is 327. The molecule has 5 heteroatoms. The van der Waals surface area contributed by atoms with Gasteiger partial charge < -0.3 is 20.5 Å². The van der Waals surface area contributed by atoms with E-state index in [9.17, 15) is 9.90 Å². The van der Waals surface area contributed by atoms with Gasteiger partial charge in [0.2, 0.25) is 5.91 Å². The van der Waals surface area contributed by atoms with E-state index >= 15 is 0 Å². The highest BCUT2D eigenvalue weighted by Gasteiger charge is 2.36. The van der Waals surface area contributed by atoms with Gasteiger partial charge in [0.05, 0.1) is 24.7 Å². The second-order valence-corrected chi connectivity index (χ2v) is 6.33. The SMILES string of the molecule is CCC1CCC(O)(CNC(=O)C2COCC2NC)CC1. The summed E-state index contributed by atoms with van der Waals surface area (Å²) in [7, 11) is 1.85. The predicted octanol–water partition coefficient (Wildman–Crippen LogP) is 0.668. The van der Waals surface area contributed by atoms with Crippen molar-refractivity contribution >= 4 is 5.91 Å². The number of carbonyl (C=O) groups is 1. The van der Waals surface area contributed by atoms with Crippen LogP contribution in [0.4, 0.5) is 0 Å². The maximum Gasteiger partial charge on any atom is 0.227 e. The lowest BCUT2D eigenvalue weighted by atomic mass is 9.78. The van der Waals surface area contributed by atoms with Gasteiger partial charge in [-0.05, 0) is 38.6 Å². The molecule has 2 aliphatic rings. The Hall–Kier alpha value is -0.650. The van der Waals surface area contributed by atoms with Crippen LogP contribution in [0.15, 0.2) is 0 Å². The first-order valence-corrected chi connectivity index (χ1v) is 7.83. The van der Waals surface area contributed by atoms with Crippen molar-refractivity contribution in [2.75, 3.05) is 26.8 Å². The first-order valence-electron chi connectivity index (χ1n) is 7.83. The van der Waals surface area contributed by atoms with Crippen LogP contribution in [-0.4, -0.2) is 49.5 Å². The Morgan fingerprint density at radius 1 is 1.35 bits per heavy atom. The van der Waals surface area contributed by atoms with E-state index in [4.69, 9.17) is 4.74 Å². The van der Waals surface area contributed by atoms with E-state index in [0.717, 1.165) is 31.6 Å². The quantitative estimate of drug-likeness (QED) is 0.694. The van der Waals surface area contributed by atoms with Gasteiger partial charge in [0.25, 0.3) is 0 Å². The summed E-state index contributed by atoms with van der Waals surface area (Å²) in [5, 5.41) is 16.6. The zero-order chi connectivity index (χ0) is 14.6. The van der Waals surface area contributed by atoms with Gasteiger partial charge in [-0.15, -0.1) is 0 Å². The average Bonchev–Trinajstić information content (AvgIpc) is 2.94. The highest BCUT2D eigenvalue weighted by molar-refractivity contribution is 5.80. The van der Waals surface area contributed by atoms with Gasteiger partial charge in [-0.25, -0.2) is 0 Å². The molecular formula is C15H28N2O3. The number of amides is 1. The molecule has 0 aromatic carbocycles. The molecule has 0 spiro atoms. The van der Waals surface area contributed by atoms with Crippen LogP contribution < -0.4 is 10.6 Å². The molecule has 2 fully saturated rings. The first-order chi connectivity index (χ1) is 9.58. The Balaban J connectivity index is 1.78. The maximum absolute atomic E-state index is 12.2. The zero-order valence-electron chi connectivity index (χ0n) is 12.7. The molecule has 20 heavy (non-hydrogen) atoms. The van der Waals surface area contributed by atoms with E-state index < -0.39 is 5.60 Å². The Morgan fingerprint density at radius 3 is 2.65 bits per heavy atom. The molecule has 0 radical (unpaired) electrons. The van der Waals surface area contributed by atoms with Crippen molar-refractivity contribution in [2.45, 2.75) is 50.7 Å². The van der Waals surface area contributed by atoms with Crippen LogP contribution >= 0.6 is 0 Å². The molecule has 1 saturated carbocycles. The van der Waals surface area contributed by atoms with Gasteiger partial charge in [-0.1, -0.05) is 13.3 Å². The van der Waals surface area contributed by atoms with Gasteiger partial charge >= 0.3 is 0 Å². The number of likely N-dealkylation sites (N-methyl/N-ethyl adjacent to an activating group) is 1. The van der Waals surface area contributed by atoms with Crippen molar-refractivity contribution in [3.8, 4) is 0 Å². The highest BCUT2D eigenvalue weighted by atomic mass is 16.5. The van der Waals surface area contributed by atoms with Crippen molar-refractivity contribution in [2.24, 2.45) is 11.8 Å². The van der Waals surface area contributed by atoms with E-state index in [2.05, 4.69) is 17.6 Å². The van der Waals surface area contributed by atoms with Crippen LogP contribution in [0.2, 0.25) is 0 Å². The maximum atomic E-state index is 12.2. The van der Waals surface area contributed by atoms with Crippen LogP contribution in [0.25, 0.3) is 0 Å². The molecule has 3 N–H and O–H groups in total. The topological polar surface area (TPSA) is 70.6 Å². The lowest BCUT2D eigenvalue weighted by molar-refractivity contribution is -0.127. The number of hydrogen-bond acceptors (Lipinski definition) is 4. The summed E-state index contributed by atoms with van der Waals surface area (Å²) in [6, 6.07) is 0.0838. The second-order valence-electron chi connectivity index (χ2n) is 6.33. The smallest absolute Gasteiger partial charge is 0.227 e. The lowest BCUT2D eigenvalue weighted by Crippen LogP contribution is -2.49. The molecule has 2 atom stereocenters. The summed E-state index contributed by atoms with van der Waals surface area (Å²) in [4.78, 5) is 12.2. The third-order valence-electron chi connectivity index (χ3n) is 4.99. The molecule has 0 aromatic heterocycles. The Kier molecular flexibility index (Phi) is 5.41. The molecule has 1 saturated heterocycles. The molecule has 1 aliphatic heterocycles. The van der Waals surface area contributed by atoms with Crippen molar-refractivity contribution in [1.82, 2.24) is 10.6 Å². The number of ether oxygens (including phenoxy) is 1. The van der Waals surface area contributed by atoms with Gasteiger partial charge in [-0.2, -0.15) is 0 Å². The molecular weight excluding hydrogens is 256 g/mol. The third-order valence-corrected chi connectivity index (χ3v) is 4.99. The van der Waals surface area contributed by atoms with Crippen LogP contribution in [0.5, 0.6) is 0 Å². The van der Waals surface area contributed by atoms with Gasteiger partial charge in [0.1, 0.15) is 0 Å². The van der Waals surface area contributed by atoms with Crippen LogP contribution in [0, 0.1) is 11.8 Å². The molecule has 0 bridgehead atoms. The summed E-state index contributed by atoms with van der Waals surface area (Å²) < 4.78 is 5.34. The van der Waals surface area contributed by atoms with E-state index in [1.165, 1.54) is 6.42 Å². The fourth-order valence-electron chi connectivity index (χ4n) is 3.28. The zero-order valence-corrected chi connectivity index (χ0v) is 12.7. The molecule has 1 aliphatic carbocycles. The molecule has 1 heterocycles. The average molecular weight is 284 g/mol. The first kappa shape index (κ1) is 15.7. The second kappa shape index (κ2) is 6.87. The van der Waals surface area contributed by atoms with Crippen molar-refractivity contribution in [3.05, 3.63) is 0 Å². The van der Waals surface area contributed by atoms with Crippen LogP contribution in [0.1, 0.15) is 39.0 Å². The molecule has 5 nitrogen and oxygen atoms in total. The molecule has 116 valence electrons. The van der Waals surface area contributed by atoms with E-state index in [1.54, 1.807) is 0 Å². The highest BCUT2D eigenvalue weighted by Crippen LogP contribution is 2.33. The van der Waals surface area contributed by atoms with E-state index in [0.29, 0.717) is 19.8 Å². The van der Waals surface area contributed by atoms with Gasteiger partial charge in [0.15, 0.2) is 0 Å². The number of nitrogens with one attached hydrogen (secondary N) is 2. The summed E-state index contributed by atoms with van der Waals surface area (Å²) in [6.07, 6.45) is 4.90. The monoisotopic (exact) mass is 284 g/mol. The Labute approximate surface area is 121 Å². The minimum atomic E-state index is -0.712. The van der Waals surface area contributed by atoms with Gasteiger partial charge in [0, 0.05) is 12.6 Å². The van der Waals surface area contributed by atoms with E-state index in [1.807, 2.05) is 7.05 Å². The number of carbonyl (C=O) groups excluding carboxylic acids is 1. The van der Waals surface area contributed by atoms with Gasteiger partial charge in [-0.3, -0.25) is 4.79 Å². The normalized spacial score (nSPS) is 37.9. The van der Waals surface area contributed by atoms with E-state index in [-0.39, 0.29) is 17.9 Å². The standard InChI is InChI=1S/C15H28N2O3/c1-3-11-4-6-15(19,7-5-11)10-17-14(18)12-8-20-9-13(12)16-2/h11-13,16,19H,3-10H2,1-2H3,(H,17,18). The van der Waals surface area contributed by atoms with Crippen molar-refractivity contribution < 1.29 is 14.6 Å². The molecule has 2 unspecified atom stereocenters. The van der Waals surface area contributed by atoms with Crippen LogP contribution in [-0.2, 0) is 9.53 Å². The fourth-order valence-corrected chi connectivity index (χ4v) is 3.28. The van der Waals surface area contributed by atoms with Crippen molar-refractivity contribution in [3.63, 3.8) is 0 Å². The minimum Gasteiger partial charge on any atom is -0.388 e. The molecule has 2 rings (SSSR count). The van der Waals surface area contributed by atoms with Crippen molar-refractivity contribution in [1.29, 1.82) is 0 Å². The Morgan fingerprint density at radius 2 is 2.05 bits per heavy atom. The number of hydrogen-bond donors (Lipinski definition) is 3. The molecule has 1 amide bonds. The lowest BCUT2D eigenvalue weighted by Gasteiger charge is -2.36. The number of rotatable bonds is 5. The summed E-state index contributed by atoms with van der Waals surface area (Å²) in [6.45, 7) is 3.62. The summed E-state index contributed by atoms with van der Waals surface area (Å²) in [5.74, 6) is 0.589. The summed E-state index contributed by atoms with van der Waals surface area (Å²) >= 11 is 0. The number of aliphatic hydroxyl groups is 1. The van der Waals surface area contributed by atoms with Crippen LogP contribution in [0.3, 0.4) is 0 Å². The largest absolute Gasteiger partial charge is 0.388 e. The minimum absolute atomic E-state index is 0.00658. The fraction of sp³-hybridized carbons (Fsp3) is 0.933.